The van der Waals surface area contributed by atoms with E-state index in [0.717, 1.165) is 0 Å². The van der Waals surface area contributed by atoms with Crippen LogP contribution >= 0.6 is 0 Å². The van der Waals surface area contributed by atoms with Gasteiger partial charge in [0.05, 0.1) is 6.54 Å². The van der Waals surface area contributed by atoms with Crippen LogP contribution in [0.4, 0.5) is 0 Å². The summed E-state index contributed by atoms with van der Waals surface area (Å²) in [5.74, 6) is 2.44. The zero-order chi connectivity index (χ0) is 10.1. The minimum Gasteiger partial charge on any atom is -0.356 e. The first kappa shape index (κ1) is 11.9. The zero-order valence-electron chi connectivity index (χ0n) is 7.97. The van der Waals surface area contributed by atoms with Gasteiger partial charge >= 0.3 is 0 Å². The molecule has 13 heavy (non-hydrogen) atoms. The maximum absolute atomic E-state index is 11.1. The molecule has 74 valence electrons. The number of nitrogens with two attached hydrogens (primary N) is 1. The third-order valence-corrected chi connectivity index (χ3v) is 1.58. The lowest BCUT2D eigenvalue weighted by Crippen LogP contribution is -2.40. The number of carbonyl (C=O) groups excluding carboxylic acids is 1. The predicted molar refractivity (Wildman–Crippen MR) is 53.0 cm³/mol. The molecule has 0 aliphatic carbocycles. The predicted octanol–water partition coefficient (Wildman–Crippen LogP) is -0.937. The van der Waals surface area contributed by atoms with E-state index in [2.05, 4.69) is 16.6 Å². The van der Waals surface area contributed by atoms with Gasteiger partial charge in [0.25, 0.3) is 0 Å². The maximum Gasteiger partial charge on any atom is 0.221 e. The van der Waals surface area contributed by atoms with Crippen LogP contribution in [0.1, 0.15) is 13.3 Å². The van der Waals surface area contributed by atoms with E-state index in [4.69, 9.17) is 12.2 Å². The van der Waals surface area contributed by atoms with Gasteiger partial charge in [-0.05, 0) is 6.92 Å². The van der Waals surface area contributed by atoms with Gasteiger partial charge in [-0.25, -0.2) is 0 Å². The van der Waals surface area contributed by atoms with E-state index in [1.165, 1.54) is 0 Å². The first-order chi connectivity index (χ1) is 6.24. The minimum atomic E-state index is -0.0254. The third-order valence-electron chi connectivity index (χ3n) is 1.58. The lowest BCUT2D eigenvalue weighted by Gasteiger charge is -2.14. The highest BCUT2D eigenvalue weighted by molar-refractivity contribution is 5.76. The summed E-state index contributed by atoms with van der Waals surface area (Å²) in [4.78, 5) is 11.1. The molecule has 0 aromatic heterocycles. The van der Waals surface area contributed by atoms with Gasteiger partial charge in [-0.15, -0.1) is 6.42 Å². The van der Waals surface area contributed by atoms with Gasteiger partial charge in [0, 0.05) is 25.6 Å². The molecule has 0 saturated carbocycles. The van der Waals surface area contributed by atoms with E-state index in [1.807, 2.05) is 6.92 Å². The molecular formula is C9H17N3O. The summed E-state index contributed by atoms with van der Waals surface area (Å²) in [7, 11) is 0. The molecule has 0 rings (SSSR count). The fourth-order valence-corrected chi connectivity index (χ4v) is 0.935. The highest BCUT2D eigenvalue weighted by atomic mass is 16.1. The van der Waals surface area contributed by atoms with Crippen LogP contribution in [-0.2, 0) is 4.79 Å². The number of amides is 1. The Balaban J connectivity index is 3.70. The van der Waals surface area contributed by atoms with Crippen molar-refractivity contribution in [2.75, 3.05) is 19.6 Å². The summed E-state index contributed by atoms with van der Waals surface area (Å²) in [6.45, 7) is 3.38. The van der Waals surface area contributed by atoms with Crippen molar-refractivity contribution in [1.82, 2.24) is 10.6 Å². The average molecular weight is 183 g/mol. The topological polar surface area (TPSA) is 67.1 Å². The van der Waals surface area contributed by atoms with Crippen LogP contribution in [0.25, 0.3) is 0 Å². The second-order valence-corrected chi connectivity index (χ2v) is 2.68. The summed E-state index contributed by atoms with van der Waals surface area (Å²) in [6, 6.07) is -0.0254. The first-order valence-corrected chi connectivity index (χ1v) is 4.38. The van der Waals surface area contributed by atoms with Gasteiger partial charge in [-0.1, -0.05) is 5.92 Å². The normalized spacial score (nSPS) is 11.8. The monoisotopic (exact) mass is 183 g/mol. The highest BCUT2D eigenvalue weighted by Crippen LogP contribution is 1.88. The Morgan fingerprint density at radius 1 is 1.69 bits per heavy atom. The Morgan fingerprint density at radius 3 is 2.85 bits per heavy atom. The largest absolute Gasteiger partial charge is 0.356 e. The maximum atomic E-state index is 11.1. The van der Waals surface area contributed by atoms with E-state index < -0.39 is 0 Å². The van der Waals surface area contributed by atoms with Crippen LogP contribution in [-0.4, -0.2) is 31.6 Å². The van der Waals surface area contributed by atoms with E-state index >= 15 is 0 Å². The van der Waals surface area contributed by atoms with Crippen LogP contribution < -0.4 is 16.4 Å². The summed E-state index contributed by atoms with van der Waals surface area (Å²) < 4.78 is 0. The molecule has 1 amide bonds. The van der Waals surface area contributed by atoms with Crippen molar-refractivity contribution in [3.63, 3.8) is 0 Å². The lowest BCUT2D eigenvalue weighted by molar-refractivity contribution is -0.121. The molecule has 4 heteroatoms. The zero-order valence-corrected chi connectivity index (χ0v) is 7.97. The SMILES string of the molecule is C#CCNC(CN)CC(=O)NCC. The summed E-state index contributed by atoms with van der Waals surface area (Å²) in [5.41, 5.74) is 5.45. The summed E-state index contributed by atoms with van der Waals surface area (Å²) >= 11 is 0. The van der Waals surface area contributed by atoms with Crippen molar-refractivity contribution >= 4 is 5.91 Å². The number of rotatable bonds is 6. The Hall–Kier alpha value is -1.05. The van der Waals surface area contributed by atoms with Gasteiger partial charge in [-0.3, -0.25) is 4.79 Å². The standard InChI is InChI=1S/C9H17N3O/c1-3-5-12-8(7-10)6-9(13)11-4-2/h1,8,12H,4-7,10H2,2H3,(H,11,13). The number of hydrogen-bond donors (Lipinski definition) is 3. The second-order valence-electron chi connectivity index (χ2n) is 2.68. The van der Waals surface area contributed by atoms with Gasteiger partial charge in [-0.2, -0.15) is 0 Å². The number of carbonyl (C=O) groups is 1. The smallest absolute Gasteiger partial charge is 0.221 e. The Kier molecular flexibility index (Phi) is 6.98. The van der Waals surface area contributed by atoms with Crippen molar-refractivity contribution in [1.29, 1.82) is 0 Å². The fraction of sp³-hybridized carbons (Fsp3) is 0.667. The molecule has 0 bridgehead atoms. The van der Waals surface area contributed by atoms with E-state index in [1.54, 1.807) is 0 Å². The Bertz CT molecular complexity index is 186. The molecule has 0 aromatic rings. The molecule has 0 fully saturated rings. The molecule has 0 aromatic carbocycles. The lowest BCUT2D eigenvalue weighted by atomic mass is 10.2. The van der Waals surface area contributed by atoms with Crippen LogP contribution in [0.2, 0.25) is 0 Å². The number of terminal acetylenes is 1. The minimum absolute atomic E-state index is 0.00229. The molecule has 0 aliphatic rings. The summed E-state index contributed by atoms with van der Waals surface area (Å²) in [6.07, 6.45) is 5.45. The molecule has 0 spiro atoms. The fourth-order valence-electron chi connectivity index (χ4n) is 0.935. The molecular weight excluding hydrogens is 166 g/mol. The molecule has 4 nitrogen and oxygen atoms in total. The highest BCUT2D eigenvalue weighted by Gasteiger charge is 2.09. The molecule has 0 radical (unpaired) electrons. The Morgan fingerprint density at radius 2 is 2.38 bits per heavy atom. The van der Waals surface area contributed by atoms with Crippen LogP contribution in [0.5, 0.6) is 0 Å². The second kappa shape index (κ2) is 7.59. The van der Waals surface area contributed by atoms with Crippen LogP contribution in [0, 0.1) is 12.3 Å². The van der Waals surface area contributed by atoms with Crippen LogP contribution in [0.15, 0.2) is 0 Å². The third kappa shape index (κ3) is 6.14. The molecule has 0 saturated heterocycles. The first-order valence-electron chi connectivity index (χ1n) is 4.38. The van der Waals surface area contributed by atoms with Gasteiger partial charge < -0.3 is 16.4 Å². The quantitative estimate of drug-likeness (QED) is 0.466. The number of hydrogen-bond acceptors (Lipinski definition) is 3. The van der Waals surface area contributed by atoms with Crippen molar-refractivity contribution in [2.24, 2.45) is 5.73 Å². The van der Waals surface area contributed by atoms with Crippen molar-refractivity contribution in [3.05, 3.63) is 0 Å². The molecule has 4 N–H and O–H groups in total. The van der Waals surface area contributed by atoms with E-state index in [-0.39, 0.29) is 11.9 Å². The van der Waals surface area contributed by atoms with Gasteiger partial charge in [0.15, 0.2) is 0 Å². The number of nitrogens with one attached hydrogen (secondary N) is 2. The van der Waals surface area contributed by atoms with Crippen molar-refractivity contribution in [2.45, 2.75) is 19.4 Å². The summed E-state index contributed by atoms with van der Waals surface area (Å²) in [5, 5.41) is 5.69. The molecule has 1 atom stereocenters. The van der Waals surface area contributed by atoms with Crippen LogP contribution in [0.3, 0.4) is 0 Å². The average Bonchev–Trinajstić information content (AvgIpc) is 2.12. The van der Waals surface area contributed by atoms with Crippen molar-refractivity contribution < 1.29 is 4.79 Å². The van der Waals surface area contributed by atoms with Gasteiger partial charge in [0.2, 0.25) is 5.91 Å². The Labute approximate surface area is 79.3 Å². The van der Waals surface area contributed by atoms with Crippen molar-refractivity contribution in [3.8, 4) is 12.3 Å². The molecule has 0 aliphatic heterocycles. The van der Waals surface area contributed by atoms with Gasteiger partial charge in [0.1, 0.15) is 0 Å². The van der Waals surface area contributed by atoms with E-state index in [9.17, 15) is 4.79 Å². The molecule has 0 heterocycles. The van der Waals surface area contributed by atoms with E-state index in [0.29, 0.717) is 26.1 Å². The molecule has 1 unspecified atom stereocenters.